The van der Waals surface area contributed by atoms with Crippen molar-refractivity contribution in [2.45, 2.75) is 51.8 Å². The first-order valence-corrected chi connectivity index (χ1v) is 7.33. The van der Waals surface area contributed by atoms with Gasteiger partial charge in [0.05, 0.1) is 19.5 Å². The van der Waals surface area contributed by atoms with Crippen LogP contribution in [0.2, 0.25) is 0 Å². The fourth-order valence-electron chi connectivity index (χ4n) is 1.78. The van der Waals surface area contributed by atoms with Gasteiger partial charge in [0.1, 0.15) is 12.4 Å². The number of hydrogen-bond acceptors (Lipinski definition) is 4. The summed E-state index contributed by atoms with van der Waals surface area (Å²) < 4.78 is 16.4. The van der Waals surface area contributed by atoms with Crippen LogP contribution in [0.3, 0.4) is 0 Å². The van der Waals surface area contributed by atoms with E-state index in [2.05, 4.69) is 18.3 Å². The second-order valence-electron chi connectivity index (χ2n) is 5.09. The molecule has 19 heavy (non-hydrogen) atoms. The minimum absolute atomic E-state index is 0.528. The van der Waals surface area contributed by atoms with Crippen molar-refractivity contribution in [3.8, 4) is 0 Å². The van der Waals surface area contributed by atoms with E-state index in [0.29, 0.717) is 19.8 Å². The Hall–Kier alpha value is -0.840. The molecule has 0 aromatic carbocycles. The van der Waals surface area contributed by atoms with Crippen LogP contribution in [0.1, 0.15) is 43.9 Å². The standard InChI is InChI=1S/C15H25NO3/c1-2-3-6-17-7-8-18-12-15-9-13(11-19-15)10-16-14-4-5-14/h9,11,14,16H,2-8,10,12H2,1H3. The fraction of sp³-hybridized carbons (Fsp3) is 0.733. The first-order valence-electron chi connectivity index (χ1n) is 7.33. The van der Waals surface area contributed by atoms with Gasteiger partial charge in [-0.15, -0.1) is 0 Å². The summed E-state index contributed by atoms with van der Waals surface area (Å²) in [5, 5.41) is 3.46. The maximum absolute atomic E-state index is 5.51. The zero-order valence-corrected chi connectivity index (χ0v) is 11.8. The molecule has 1 aliphatic rings. The van der Waals surface area contributed by atoms with E-state index in [1.165, 1.54) is 24.8 Å². The smallest absolute Gasteiger partial charge is 0.129 e. The van der Waals surface area contributed by atoms with E-state index < -0.39 is 0 Å². The van der Waals surface area contributed by atoms with Gasteiger partial charge < -0.3 is 19.2 Å². The van der Waals surface area contributed by atoms with E-state index in [1.807, 2.05) is 6.26 Å². The van der Waals surface area contributed by atoms with Gasteiger partial charge in [-0.1, -0.05) is 13.3 Å². The number of ether oxygens (including phenoxy) is 2. The summed E-state index contributed by atoms with van der Waals surface area (Å²) in [7, 11) is 0. The van der Waals surface area contributed by atoms with Crippen molar-refractivity contribution in [1.82, 2.24) is 5.32 Å². The highest BCUT2D eigenvalue weighted by Gasteiger charge is 2.20. The Labute approximate surface area is 115 Å². The molecule has 0 radical (unpaired) electrons. The van der Waals surface area contributed by atoms with E-state index in [0.717, 1.165) is 31.4 Å². The lowest BCUT2D eigenvalue weighted by Gasteiger charge is -2.03. The third kappa shape index (κ3) is 6.23. The normalized spacial score (nSPS) is 15.0. The van der Waals surface area contributed by atoms with Crippen LogP contribution in [-0.2, 0) is 22.6 Å². The van der Waals surface area contributed by atoms with Gasteiger partial charge in [-0.05, 0) is 25.3 Å². The maximum Gasteiger partial charge on any atom is 0.129 e. The number of rotatable bonds is 11. The van der Waals surface area contributed by atoms with Gasteiger partial charge in [0.15, 0.2) is 0 Å². The van der Waals surface area contributed by atoms with Gasteiger partial charge in [-0.2, -0.15) is 0 Å². The molecule has 0 bridgehead atoms. The second kappa shape index (κ2) is 8.35. The monoisotopic (exact) mass is 267 g/mol. The largest absolute Gasteiger partial charge is 0.467 e. The molecule has 1 aliphatic carbocycles. The highest BCUT2D eigenvalue weighted by molar-refractivity contribution is 5.12. The molecule has 1 N–H and O–H groups in total. The average molecular weight is 267 g/mol. The lowest BCUT2D eigenvalue weighted by molar-refractivity contribution is 0.0339. The first-order chi connectivity index (χ1) is 9.38. The highest BCUT2D eigenvalue weighted by atomic mass is 16.5. The van der Waals surface area contributed by atoms with Gasteiger partial charge in [-0.25, -0.2) is 0 Å². The van der Waals surface area contributed by atoms with Crippen LogP contribution in [0.15, 0.2) is 16.7 Å². The summed E-state index contributed by atoms with van der Waals surface area (Å²) in [4.78, 5) is 0. The van der Waals surface area contributed by atoms with E-state index in [4.69, 9.17) is 13.9 Å². The summed E-state index contributed by atoms with van der Waals surface area (Å²) in [6.45, 7) is 5.70. The molecular weight excluding hydrogens is 242 g/mol. The fourth-order valence-corrected chi connectivity index (χ4v) is 1.78. The predicted octanol–water partition coefficient (Wildman–Crippen LogP) is 2.86. The van der Waals surface area contributed by atoms with Crippen molar-refractivity contribution in [3.63, 3.8) is 0 Å². The van der Waals surface area contributed by atoms with Crippen molar-refractivity contribution in [3.05, 3.63) is 23.7 Å². The number of unbranched alkanes of at least 4 members (excludes halogenated alkanes) is 1. The molecular formula is C15H25NO3. The molecule has 1 saturated carbocycles. The van der Waals surface area contributed by atoms with Crippen molar-refractivity contribution >= 4 is 0 Å². The third-order valence-corrected chi connectivity index (χ3v) is 3.14. The molecule has 4 nitrogen and oxygen atoms in total. The Morgan fingerprint density at radius 2 is 2.11 bits per heavy atom. The molecule has 0 aliphatic heterocycles. The van der Waals surface area contributed by atoms with Crippen molar-refractivity contribution < 1.29 is 13.9 Å². The summed E-state index contributed by atoms with van der Waals surface area (Å²) >= 11 is 0. The summed E-state index contributed by atoms with van der Waals surface area (Å²) in [5.74, 6) is 0.890. The molecule has 0 unspecified atom stereocenters. The molecule has 108 valence electrons. The predicted molar refractivity (Wildman–Crippen MR) is 74.0 cm³/mol. The van der Waals surface area contributed by atoms with Crippen LogP contribution >= 0.6 is 0 Å². The second-order valence-corrected chi connectivity index (χ2v) is 5.09. The summed E-state index contributed by atoms with van der Waals surface area (Å²) in [5.41, 5.74) is 1.20. The molecule has 0 atom stereocenters. The number of hydrogen-bond donors (Lipinski definition) is 1. The number of nitrogens with one attached hydrogen (secondary N) is 1. The van der Waals surface area contributed by atoms with Crippen LogP contribution in [0.4, 0.5) is 0 Å². The zero-order chi connectivity index (χ0) is 13.3. The lowest BCUT2D eigenvalue weighted by Crippen LogP contribution is -2.14. The SMILES string of the molecule is CCCCOCCOCc1cc(CNC2CC2)co1. The first kappa shape index (κ1) is 14.6. The molecule has 0 saturated heterocycles. The van der Waals surface area contributed by atoms with Crippen molar-refractivity contribution in [1.29, 1.82) is 0 Å². The Morgan fingerprint density at radius 1 is 1.26 bits per heavy atom. The van der Waals surface area contributed by atoms with Gasteiger partial charge in [0.25, 0.3) is 0 Å². The zero-order valence-electron chi connectivity index (χ0n) is 11.8. The maximum atomic E-state index is 5.51. The molecule has 0 amide bonds. The molecule has 1 aromatic heterocycles. The van der Waals surface area contributed by atoms with E-state index in [9.17, 15) is 0 Å². The van der Waals surface area contributed by atoms with Crippen molar-refractivity contribution in [2.24, 2.45) is 0 Å². The Kier molecular flexibility index (Phi) is 6.41. The van der Waals surface area contributed by atoms with E-state index in [-0.39, 0.29) is 0 Å². The third-order valence-electron chi connectivity index (χ3n) is 3.14. The van der Waals surface area contributed by atoms with Crippen LogP contribution in [0.25, 0.3) is 0 Å². The number of furan rings is 1. The van der Waals surface area contributed by atoms with Gasteiger partial charge in [0, 0.05) is 24.8 Å². The van der Waals surface area contributed by atoms with Crippen LogP contribution in [0, 0.1) is 0 Å². The molecule has 1 heterocycles. The molecule has 1 fully saturated rings. The topological polar surface area (TPSA) is 43.6 Å². The van der Waals surface area contributed by atoms with Gasteiger partial charge >= 0.3 is 0 Å². The molecule has 4 heteroatoms. The van der Waals surface area contributed by atoms with Gasteiger partial charge in [0.2, 0.25) is 0 Å². The highest BCUT2D eigenvalue weighted by Crippen LogP contribution is 2.19. The molecule has 1 aromatic rings. The van der Waals surface area contributed by atoms with Crippen LogP contribution in [0.5, 0.6) is 0 Å². The molecule has 2 rings (SSSR count). The molecule has 0 spiro atoms. The van der Waals surface area contributed by atoms with Gasteiger partial charge in [-0.3, -0.25) is 0 Å². The average Bonchev–Trinajstić information content (AvgIpc) is 3.15. The van der Waals surface area contributed by atoms with Crippen molar-refractivity contribution in [2.75, 3.05) is 19.8 Å². The van der Waals surface area contributed by atoms with Crippen LogP contribution < -0.4 is 5.32 Å². The Balaban J connectivity index is 1.50. The Bertz CT molecular complexity index is 347. The van der Waals surface area contributed by atoms with Crippen LogP contribution in [-0.4, -0.2) is 25.9 Å². The van der Waals surface area contributed by atoms with E-state index in [1.54, 1.807) is 0 Å². The Morgan fingerprint density at radius 3 is 2.89 bits per heavy atom. The van der Waals surface area contributed by atoms with E-state index >= 15 is 0 Å². The minimum atomic E-state index is 0.528. The minimum Gasteiger partial charge on any atom is -0.467 e. The lowest BCUT2D eigenvalue weighted by atomic mass is 10.3. The quantitative estimate of drug-likeness (QED) is 0.626. The summed E-state index contributed by atoms with van der Waals surface area (Å²) in [6, 6.07) is 2.79. The summed E-state index contributed by atoms with van der Waals surface area (Å²) in [6.07, 6.45) is 6.73.